The van der Waals surface area contributed by atoms with E-state index in [0.717, 1.165) is 33.7 Å². The van der Waals surface area contributed by atoms with Gasteiger partial charge in [-0.15, -0.1) is 0 Å². The normalized spacial score (nSPS) is 11.0. The van der Waals surface area contributed by atoms with Crippen LogP contribution in [0.1, 0.15) is 5.82 Å². The molecule has 0 radical (unpaired) electrons. The number of aromatic nitrogens is 3. The van der Waals surface area contributed by atoms with Gasteiger partial charge in [-0.3, -0.25) is 0 Å². The SMILES string of the molecule is Cc1nc(-c2cc3ccccc3cc2N)n(C)n1. The average Bonchev–Trinajstić information content (AvgIpc) is 2.67. The zero-order valence-electron chi connectivity index (χ0n) is 10.4. The molecule has 0 amide bonds. The molecule has 0 saturated carbocycles. The van der Waals surface area contributed by atoms with Crippen molar-refractivity contribution in [3.8, 4) is 11.4 Å². The molecule has 0 fully saturated rings. The summed E-state index contributed by atoms with van der Waals surface area (Å²) in [4.78, 5) is 4.42. The van der Waals surface area contributed by atoms with E-state index in [1.54, 1.807) is 4.68 Å². The molecule has 0 aliphatic carbocycles. The summed E-state index contributed by atoms with van der Waals surface area (Å²) in [5, 5.41) is 6.55. The second kappa shape index (κ2) is 3.84. The second-order valence-corrected chi connectivity index (χ2v) is 4.39. The van der Waals surface area contributed by atoms with Gasteiger partial charge in [-0.2, -0.15) is 5.10 Å². The van der Waals surface area contributed by atoms with Gasteiger partial charge in [-0.1, -0.05) is 24.3 Å². The molecule has 2 aromatic carbocycles. The standard InChI is InChI=1S/C14H14N4/c1-9-16-14(18(2)17-9)12-7-10-5-3-4-6-11(10)8-13(12)15/h3-8H,15H2,1-2H3. The number of hydrogen-bond donors (Lipinski definition) is 1. The molecule has 90 valence electrons. The van der Waals surface area contributed by atoms with E-state index in [9.17, 15) is 0 Å². The molecule has 0 bridgehead atoms. The molecule has 0 aliphatic rings. The van der Waals surface area contributed by atoms with Crippen LogP contribution in [0.5, 0.6) is 0 Å². The maximum Gasteiger partial charge on any atom is 0.160 e. The molecular weight excluding hydrogens is 224 g/mol. The highest BCUT2D eigenvalue weighted by molar-refractivity contribution is 5.92. The Hall–Kier alpha value is -2.36. The Bertz CT molecular complexity index is 728. The second-order valence-electron chi connectivity index (χ2n) is 4.39. The lowest BCUT2D eigenvalue weighted by Crippen LogP contribution is -1.98. The Balaban J connectivity index is 2.29. The summed E-state index contributed by atoms with van der Waals surface area (Å²) in [5.74, 6) is 1.55. The van der Waals surface area contributed by atoms with Crippen LogP contribution in [-0.2, 0) is 7.05 Å². The van der Waals surface area contributed by atoms with Gasteiger partial charge >= 0.3 is 0 Å². The Morgan fingerprint density at radius 2 is 1.78 bits per heavy atom. The zero-order chi connectivity index (χ0) is 12.7. The highest BCUT2D eigenvalue weighted by Gasteiger charge is 2.11. The van der Waals surface area contributed by atoms with Gasteiger partial charge < -0.3 is 5.73 Å². The zero-order valence-corrected chi connectivity index (χ0v) is 10.4. The van der Waals surface area contributed by atoms with E-state index in [0.29, 0.717) is 0 Å². The van der Waals surface area contributed by atoms with E-state index in [1.807, 2.05) is 32.2 Å². The number of nitrogens with two attached hydrogens (primary N) is 1. The topological polar surface area (TPSA) is 56.7 Å². The summed E-state index contributed by atoms with van der Waals surface area (Å²) in [7, 11) is 1.88. The molecule has 3 aromatic rings. The van der Waals surface area contributed by atoms with Crippen LogP contribution in [0.3, 0.4) is 0 Å². The van der Waals surface area contributed by atoms with Crippen molar-refractivity contribution in [3.05, 3.63) is 42.2 Å². The number of rotatable bonds is 1. The third kappa shape index (κ3) is 1.62. The molecule has 0 saturated heterocycles. The molecule has 1 heterocycles. The largest absolute Gasteiger partial charge is 0.398 e. The molecule has 4 nitrogen and oxygen atoms in total. The van der Waals surface area contributed by atoms with Crippen molar-refractivity contribution in [3.63, 3.8) is 0 Å². The van der Waals surface area contributed by atoms with Crippen molar-refractivity contribution in [2.45, 2.75) is 6.92 Å². The van der Waals surface area contributed by atoms with E-state index in [4.69, 9.17) is 5.73 Å². The van der Waals surface area contributed by atoms with Gasteiger partial charge in [0, 0.05) is 18.3 Å². The minimum Gasteiger partial charge on any atom is -0.398 e. The van der Waals surface area contributed by atoms with Gasteiger partial charge in [0.05, 0.1) is 0 Å². The van der Waals surface area contributed by atoms with Crippen LogP contribution in [0.4, 0.5) is 5.69 Å². The molecule has 2 N–H and O–H groups in total. The van der Waals surface area contributed by atoms with E-state index < -0.39 is 0 Å². The van der Waals surface area contributed by atoms with Gasteiger partial charge in [-0.25, -0.2) is 9.67 Å². The lowest BCUT2D eigenvalue weighted by Gasteiger charge is -2.07. The molecule has 0 unspecified atom stereocenters. The van der Waals surface area contributed by atoms with Crippen LogP contribution in [0.25, 0.3) is 22.2 Å². The van der Waals surface area contributed by atoms with Crippen LogP contribution in [0, 0.1) is 6.92 Å². The fourth-order valence-corrected chi connectivity index (χ4v) is 2.20. The summed E-state index contributed by atoms with van der Waals surface area (Å²) in [6, 6.07) is 12.2. The monoisotopic (exact) mass is 238 g/mol. The third-order valence-corrected chi connectivity index (χ3v) is 3.03. The van der Waals surface area contributed by atoms with Crippen molar-refractivity contribution in [1.29, 1.82) is 0 Å². The molecular formula is C14H14N4. The lowest BCUT2D eigenvalue weighted by molar-refractivity contribution is 0.764. The number of fused-ring (bicyclic) bond motifs is 1. The van der Waals surface area contributed by atoms with E-state index in [-0.39, 0.29) is 0 Å². The summed E-state index contributed by atoms with van der Waals surface area (Å²) in [6.07, 6.45) is 0. The van der Waals surface area contributed by atoms with Crippen molar-refractivity contribution >= 4 is 16.5 Å². The number of nitrogen functional groups attached to an aromatic ring is 1. The molecule has 3 rings (SSSR count). The van der Waals surface area contributed by atoms with Crippen LogP contribution in [0.15, 0.2) is 36.4 Å². The van der Waals surface area contributed by atoms with Crippen LogP contribution < -0.4 is 5.73 Å². The molecule has 0 atom stereocenters. The van der Waals surface area contributed by atoms with Gasteiger partial charge in [0.25, 0.3) is 0 Å². The van der Waals surface area contributed by atoms with Crippen LogP contribution in [-0.4, -0.2) is 14.8 Å². The summed E-state index contributed by atoms with van der Waals surface area (Å²) >= 11 is 0. The van der Waals surface area contributed by atoms with Gasteiger partial charge in [0.15, 0.2) is 5.82 Å². The molecule has 0 aliphatic heterocycles. The van der Waals surface area contributed by atoms with Crippen LogP contribution >= 0.6 is 0 Å². The molecule has 4 heteroatoms. The highest BCUT2D eigenvalue weighted by Crippen LogP contribution is 2.29. The number of benzene rings is 2. The fraction of sp³-hybridized carbons (Fsp3) is 0.143. The van der Waals surface area contributed by atoms with Crippen molar-refractivity contribution in [2.75, 3.05) is 5.73 Å². The first-order chi connectivity index (χ1) is 8.65. The number of nitrogens with zero attached hydrogens (tertiary/aromatic N) is 3. The number of anilines is 1. The maximum absolute atomic E-state index is 6.12. The molecule has 0 spiro atoms. The first-order valence-corrected chi connectivity index (χ1v) is 5.81. The Kier molecular flexibility index (Phi) is 2.30. The van der Waals surface area contributed by atoms with Crippen molar-refractivity contribution in [1.82, 2.24) is 14.8 Å². The first-order valence-electron chi connectivity index (χ1n) is 5.81. The third-order valence-electron chi connectivity index (χ3n) is 3.03. The number of hydrogen-bond acceptors (Lipinski definition) is 3. The van der Waals surface area contributed by atoms with Gasteiger partial charge in [-0.05, 0) is 29.8 Å². The van der Waals surface area contributed by atoms with Gasteiger partial charge in [0.2, 0.25) is 0 Å². The summed E-state index contributed by atoms with van der Waals surface area (Å²) < 4.78 is 1.76. The van der Waals surface area contributed by atoms with Gasteiger partial charge in [0.1, 0.15) is 5.82 Å². The summed E-state index contributed by atoms with van der Waals surface area (Å²) in [6.45, 7) is 1.88. The van der Waals surface area contributed by atoms with E-state index >= 15 is 0 Å². The fourth-order valence-electron chi connectivity index (χ4n) is 2.20. The predicted molar refractivity (Wildman–Crippen MR) is 73.1 cm³/mol. The number of aryl methyl sites for hydroxylation is 2. The molecule has 1 aromatic heterocycles. The van der Waals surface area contributed by atoms with Crippen molar-refractivity contribution < 1.29 is 0 Å². The lowest BCUT2D eigenvalue weighted by atomic mass is 10.0. The minimum atomic E-state index is 0.726. The Morgan fingerprint density at radius 3 is 2.39 bits per heavy atom. The van der Waals surface area contributed by atoms with Crippen molar-refractivity contribution in [2.24, 2.45) is 7.05 Å². The predicted octanol–water partition coefficient (Wildman–Crippen LogP) is 2.53. The average molecular weight is 238 g/mol. The molecule has 18 heavy (non-hydrogen) atoms. The van der Waals surface area contributed by atoms with E-state index in [2.05, 4.69) is 28.3 Å². The minimum absolute atomic E-state index is 0.726. The van der Waals surface area contributed by atoms with E-state index in [1.165, 1.54) is 0 Å². The van der Waals surface area contributed by atoms with Crippen LogP contribution in [0.2, 0.25) is 0 Å². The summed E-state index contributed by atoms with van der Waals surface area (Å²) in [5.41, 5.74) is 7.77. The first kappa shape index (κ1) is 10.8. The Morgan fingerprint density at radius 1 is 1.11 bits per heavy atom. The highest BCUT2D eigenvalue weighted by atomic mass is 15.3. The maximum atomic E-state index is 6.12. The smallest absolute Gasteiger partial charge is 0.160 e. The quantitative estimate of drug-likeness (QED) is 0.663. The Labute approximate surface area is 105 Å².